The molecule has 108 valence electrons. The maximum absolute atomic E-state index is 12.3. The quantitative estimate of drug-likeness (QED) is 0.895. The van der Waals surface area contributed by atoms with Gasteiger partial charge in [0.15, 0.2) is 5.69 Å². The number of hydrogen-bond acceptors (Lipinski definition) is 5. The van der Waals surface area contributed by atoms with Crippen LogP contribution in [0, 0.1) is 0 Å². The molecule has 6 heteroatoms. The number of carbonyl (C=O) groups excluding carboxylic acids is 1. The van der Waals surface area contributed by atoms with Crippen molar-refractivity contribution in [2.75, 3.05) is 31.1 Å². The van der Waals surface area contributed by atoms with Crippen LogP contribution in [0.1, 0.15) is 10.5 Å². The Morgan fingerprint density at radius 3 is 2.43 bits per heavy atom. The summed E-state index contributed by atoms with van der Waals surface area (Å²) in [5.74, 6) is 0.619. The third-order valence-corrected chi connectivity index (χ3v) is 3.53. The Labute approximate surface area is 122 Å². The lowest BCUT2D eigenvalue weighted by Crippen LogP contribution is -2.49. The predicted octanol–water partition coefficient (Wildman–Crippen LogP) is 1.14. The minimum absolute atomic E-state index is 0.0744. The topological polar surface area (TPSA) is 69.6 Å². The van der Waals surface area contributed by atoms with Crippen LogP contribution >= 0.6 is 0 Å². The fraction of sp³-hybridized carbons (Fsp3) is 0.267. The van der Waals surface area contributed by atoms with Gasteiger partial charge in [-0.2, -0.15) is 0 Å². The number of piperazine rings is 1. The molecule has 1 saturated heterocycles. The zero-order valence-electron chi connectivity index (χ0n) is 11.5. The largest absolute Gasteiger partial charge is 0.505 e. The molecule has 0 bridgehead atoms. The highest BCUT2D eigenvalue weighted by Gasteiger charge is 2.25. The Morgan fingerprint density at radius 2 is 1.76 bits per heavy atom. The van der Waals surface area contributed by atoms with Crippen molar-refractivity contribution in [1.82, 2.24) is 14.9 Å². The van der Waals surface area contributed by atoms with E-state index in [1.54, 1.807) is 17.2 Å². The summed E-state index contributed by atoms with van der Waals surface area (Å²) in [5.41, 5.74) is 0.115. The van der Waals surface area contributed by atoms with E-state index in [-0.39, 0.29) is 17.4 Å². The summed E-state index contributed by atoms with van der Waals surface area (Å²) >= 11 is 0. The van der Waals surface area contributed by atoms with Crippen molar-refractivity contribution in [1.29, 1.82) is 0 Å². The van der Waals surface area contributed by atoms with Crippen LogP contribution in [0.15, 0.2) is 42.7 Å². The van der Waals surface area contributed by atoms with Gasteiger partial charge in [0.1, 0.15) is 11.6 Å². The van der Waals surface area contributed by atoms with E-state index in [4.69, 9.17) is 0 Å². The predicted molar refractivity (Wildman–Crippen MR) is 78.3 cm³/mol. The summed E-state index contributed by atoms with van der Waals surface area (Å²) in [4.78, 5) is 24.5. The van der Waals surface area contributed by atoms with Gasteiger partial charge < -0.3 is 14.9 Å². The molecule has 0 radical (unpaired) electrons. The van der Waals surface area contributed by atoms with Gasteiger partial charge in [-0.05, 0) is 24.3 Å². The van der Waals surface area contributed by atoms with Crippen LogP contribution in [-0.4, -0.2) is 52.1 Å². The number of carbonyl (C=O) groups is 1. The van der Waals surface area contributed by atoms with Gasteiger partial charge in [-0.3, -0.25) is 4.79 Å². The van der Waals surface area contributed by atoms with E-state index < -0.39 is 0 Å². The second-order valence-electron chi connectivity index (χ2n) is 4.84. The molecule has 1 N–H and O–H groups in total. The molecule has 6 nitrogen and oxygen atoms in total. The van der Waals surface area contributed by atoms with Crippen molar-refractivity contribution >= 4 is 11.7 Å². The molecule has 2 aromatic rings. The van der Waals surface area contributed by atoms with E-state index in [2.05, 4.69) is 14.9 Å². The lowest BCUT2D eigenvalue weighted by Gasteiger charge is -2.35. The maximum Gasteiger partial charge on any atom is 0.276 e. The number of aromatic nitrogens is 2. The van der Waals surface area contributed by atoms with Gasteiger partial charge in [0.25, 0.3) is 5.91 Å². The lowest BCUT2D eigenvalue weighted by molar-refractivity contribution is 0.0737. The molecular weight excluding hydrogens is 268 g/mol. The summed E-state index contributed by atoms with van der Waals surface area (Å²) < 4.78 is 0. The highest BCUT2D eigenvalue weighted by molar-refractivity contribution is 5.94. The normalized spacial score (nSPS) is 15.0. The summed E-state index contributed by atoms with van der Waals surface area (Å²) in [6.07, 6.45) is 3.27. The molecule has 0 unspecified atom stereocenters. The van der Waals surface area contributed by atoms with Crippen LogP contribution in [0.2, 0.25) is 0 Å². The number of aromatic hydroxyl groups is 1. The molecule has 3 heterocycles. The summed E-state index contributed by atoms with van der Waals surface area (Å²) in [6.45, 7) is 2.61. The van der Waals surface area contributed by atoms with Crippen LogP contribution in [-0.2, 0) is 0 Å². The van der Waals surface area contributed by atoms with Crippen molar-refractivity contribution in [2.45, 2.75) is 0 Å². The number of nitrogens with zero attached hydrogens (tertiary/aromatic N) is 4. The molecule has 1 fully saturated rings. The van der Waals surface area contributed by atoms with Crippen LogP contribution < -0.4 is 4.90 Å². The van der Waals surface area contributed by atoms with E-state index in [1.807, 2.05) is 18.2 Å². The molecule has 21 heavy (non-hydrogen) atoms. The van der Waals surface area contributed by atoms with Crippen molar-refractivity contribution in [3.63, 3.8) is 0 Å². The second-order valence-corrected chi connectivity index (χ2v) is 4.84. The fourth-order valence-electron chi connectivity index (χ4n) is 2.39. The molecule has 1 amide bonds. The van der Waals surface area contributed by atoms with E-state index >= 15 is 0 Å². The Morgan fingerprint density at radius 1 is 1.00 bits per heavy atom. The highest BCUT2D eigenvalue weighted by Crippen LogP contribution is 2.18. The van der Waals surface area contributed by atoms with Crippen LogP contribution in [0.5, 0.6) is 5.75 Å². The zero-order chi connectivity index (χ0) is 14.7. The number of rotatable bonds is 2. The molecule has 0 aliphatic carbocycles. The molecule has 0 atom stereocenters. The average molecular weight is 284 g/mol. The smallest absolute Gasteiger partial charge is 0.276 e. The first kappa shape index (κ1) is 13.4. The Kier molecular flexibility index (Phi) is 3.68. The molecule has 0 aromatic carbocycles. The maximum atomic E-state index is 12.3. The number of pyridine rings is 2. The minimum atomic E-state index is -0.228. The fourth-order valence-corrected chi connectivity index (χ4v) is 2.39. The third kappa shape index (κ3) is 2.79. The van der Waals surface area contributed by atoms with Crippen LogP contribution in [0.4, 0.5) is 5.82 Å². The first-order valence-corrected chi connectivity index (χ1v) is 6.85. The number of anilines is 1. The van der Waals surface area contributed by atoms with Gasteiger partial charge in [-0.1, -0.05) is 6.07 Å². The van der Waals surface area contributed by atoms with Crippen molar-refractivity contribution in [2.24, 2.45) is 0 Å². The Hall–Kier alpha value is -2.63. The van der Waals surface area contributed by atoms with Gasteiger partial charge in [0.2, 0.25) is 0 Å². The molecule has 0 spiro atoms. The van der Waals surface area contributed by atoms with Crippen molar-refractivity contribution in [3.8, 4) is 5.75 Å². The van der Waals surface area contributed by atoms with E-state index in [9.17, 15) is 9.90 Å². The summed E-state index contributed by atoms with van der Waals surface area (Å²) in [5, 5.41) is 9.71. The minimum Gasteiger partial charge on any atom is -0.505 e. The molecule has 2 aromatic heterocycles. The van der Waals surface area contributed by atoms with E-state index in [1.165, 1.54) is 12.3 Å². The van der Waals surface area contributed by atoms with Crippen LogP contribution in [0.25, 0.3) is 0 Å². The van der Waals surface area contributed by atoms with E-state index in [0.29, 0.717) is 13.1 Å². The Bertz CT molecular complexity index is 625. The molecule has 1 aliphatic rings. The molecule has 3 rings (SSSR count). The number of amides is 1. The molecular formula is C15H16N4O2. The van der Waals surface area contributed by atoms with Crippen molar-refractivity contribution in [3.05, 3.63) is 48.4 Å². The average Bonchev–Trinajstić information content (AvgIpc) is 2.56. The summed E-state index contributed by atoms with van der Waals surface area (Å²) in [7, 11) is 0. The SMILES string of the molecule is O=C(c1ncccc1O)N1CCN(c2ccccn2)CC1. The first-order chi connectivity index (χ1) is 10.3. The standard InChI is InChI=1S/C15H16N4O2/c20-12-4-3-7-17-14(12)15(21)19-10-8-18(9-11-19)13-5-1-2-6-16-13/h1-7,20H,8-11H2. The second kappa shape index (κ2) is 5.78. The van der Waals surface area contributed by atoms with Gasteiger partial charge in [-0.25, -0.2) is 9.97 Å². The van der Waals surface area contributed by atoms with Gasteiger partial charge >= 0.3 is 0 Å². The lowest BCUT2D eigenvalue weighted by atomic mass is 10.2. The van der Waals surface area contributed by atoms with E-state index in [0.717, 1.165) is 18.9 Å². The van der Waals surface area contributed by atoms with Gasteiger partial charge in [-0.15, -0.1) is 0 Å². The number of hydrogen-bond donors (Lipinski definition) is 1. The molecule has 0 saturated carbocycles. The van der Waals surface area contributed by atoms with Gasteiger partial charge in [0, 0.05) is 38.6 Å². The monoisotopic (exact) mass is 284 g/mol. The highest BCUT2D eigenvalue weighted by atomic mass is 16.3. The Balaban J connectivity index is 1.66. The molecule has 1 aliphatic heterocycles. The summed E-state index contributed by atoms with van der Waals surface area (Å²) in [6, 6.07) is 8.87. The van der Waals surface area contributed by atoms with Crippen LogP contribution in [0.3, 0.4) is 0 Å². The first-order valence-electron chi connectivity index (χ1n) is 6.85. The third-order valence-electron chi connectivity index (χ3n) is 3.53. The van der Waals surface area contributed by atoms with Gasteiger partial charge in [0.05, 0.1) is 0 Å². The zero-order valence-corrected chi connectivity index (χ0v) is 11.5. The van der Waals surface area contributed by atoms with Crippen molar-refractivity contribution < 1.29 is 9.90 Å².